The lowest BCUT2D eigenvalue weighted by molar-refractivity contribution is 0.0201. The maximum Gasteiger partial charge on any atom is 0.230 e. The molecule has 2 fully saturated rings. The predicted octanol–water partition coefficient (Wildman–Crippen LogP) is 2.19. The Bertz CT molecular complexity index is 998. The molecule has 2 saturated heterocycles. The summed E-state index contributed by atoms with van der Waals surface area (Å²) in [7, 11) is 4.30. The number of benzene rings is 1. The fraction of sp³-hybridized carbons (Fsp3) is 0.600. The minimum Gasteiger partial charge on any atom is -0.466 e. The van der Waals surface area contributed by atoms with E-state index in [9.17, 15) is 0 Å². The van der Waals surface area contributed by atoms with E-state index in [-0.39, 0.29) is 5.60 Å². The zero-order chi connectivity index (χ0) is 21.7. The molecule has 1 spiro atoms. The lowest BCUT2D eigenvalue weighted by Gasteiger charge is -2.45. The number of anilines is 2. The first-order valence-electron chi connectivity index (χ1n) is 12.2. The van der Waals surface area contributed by atoms with E-state index >= 15 is 0 Å². The van der Waals surface area contributed by atoms with Crippen LogP contribution >= 0.6 is 0 Å². The molecular weight excluding hydrogens is 400 g/mol. The van der Waals surface area contributed by atoms with E-state index in [1.807, 2.05) is 0 Å². The van der Waals surface area contributed by atoms with Crippen LogP contribution in [-0.2, 0) is 18.4 Å². The van der Waals surface area contributed by atoms with Crippen LogP contribution in [0.2, 0.25) is 0 Å². The van der Waals surface area contributed by atoms with Crippen LogP contribution in [0.4, 0.5) is 11.8 Å². The summed E-state index contributed by atoms with van der Waals surface area (Å²) >= 11 is 0. The summed E-state index contributed by atoms with van der Waals surface area (Å²) in [5, 5.41) is 3.47. The molecule has 0 radical (unpaired) electrons. The van der Waals surface area contributed by atoms with Crippen LogP contribution in [0, 0.1) is 0 Å². The molecule has 4 heterocycles. The SMILES string of the molecule is CN(C)C1CN(c2nc3c(c(N4CCNCC4)n2)CCC2(CCCc4ccccc42)O3)C1. The van der Waals surface area contributed by atoms with Crippen LogP contribution in [0.5, 0.6) is 5.88 Å². The second-order valence-electron chi connectivity index (χ2n) is 10.00. The van der Waals surface area contributed by atoms with Crippen LogP contribution in [0.25, 0.3) is 0 Å². The van der Waals surface area contributed by atoms with E-state index in [2.05, 4.69) is 58.4 Å². The summed E-state index contributed by atoms with van der Waals surface area (Å²) in [6.07, 6.45) is 5.37. The Hall–Kier alpha value is -2.38. The number of nitrogens with zero attached hydrogens (tertiary/aromatic N) is 5. The van der Waals surface area contributed by atoms with E-state index in [4.69, 9.17) is 14.7 Å². The number of aromatic nitrogens is 2. The molecule has 170 valence electrons. The number of hydrogen-bond acceptors (Lipinski definition) is 7. The van der Waals surface area contributed by atoms with E-state index in [1.165, 1.54) is 23.1 Å². The van der Waals surface area contributed by atoms with E-state index in [0.29, 0.717) is 6.04 Å². The molecule has 7 nitrogen and oxygen atoms in total. The Morgan fingerprint density at radius 1 is 1.03 bits per heavy atom. The van der Waals surface area contributed by atoms with Crippen molar-refractivity contribution in [2.75, 3.05) is 63.2 Å². The second-order valence-corrected chi connectivity index (χ2v) is 10.00. The molecule has 1 N–H and O–H groups in total. The van der Waals surface area contributed by atoms with Gasteiger partial charge in [0.05, 0.1) is 5.56 Å². The summed E-state index contributed by atoms with van der Waals surface area (Å²) in [5.41, 5.74) is 3.77. The third-order valence-corrected chi connectivity index (χ3v) is 7.83. The minimum atomic E-state index is -0.241. The smallest absolute Gasteiger partial charge is 0.230 e. The van der Waals surface area contributed by atoms with Gasteiger partial charge >= 0.3 is 0 Å². The largest absolute Gasteiger partial charge is 0.466 e. The van der Waals surface area contributed by atoms with Crippen molar-refractivity contribution in [1.29, 1.82) is 0 Å². The summed E-state index contributed by atoms with van der Waals surface area (Å²) in [5.74, 6) is 2.75. The van der Waals surface area contributed by atoms with Gasteiger partial charge in [0.25, 0.3) is 0 Å². The lowest BCUT2D eigenvalue weighted by atomic mass is 9.75. The number of piperazine rings is 1. The fourth-order valence-corrected chi connectivity index (χ4v) is 5.78. The van der Waals surface area contributed by atoms with Crippen LogP contribution in [-0.4, -0.2) is 74.3 Å². The van der Waals surface area contributed by atoms with Gasteiger partial charge in [-0.2, -0.15) is 9.97 Å². The molecule has 1 atom stereocenters. The van der Waals surface area contributed by atoms with Gasteiger partial charge in [-0.15, -0.1) is 0 Å². The quantitative estimate of drug-likeness (QED) is 0.795. The monoisotopic (exact) mass is 434 g/mol. The van der Waals surface area contributed by atoms with Crippen molar-refractivity contribution in [1.82, 2.24) is 20.2 Å². The van der Waals surface area contributed by atoms with Gasteiger partial charge in [0, 0.05) is 45.3 Å². The van der Waals surface area contributed by atoms with Gasteiger partial charge in [-0.05, 0) is 57.3 Å². The molecule has 1 aromatic heterocycles. The average Bonchev–Trinajstić information content (AvgIpc) is 2.78. The maximum absolute atomic E-state index is 6.92. The van der Waals surface area contributed by atoms with E-state index < -0.39 is 0 Å². The van der Waals surface area contributed by atoms with Gasteiger partial charge < -0.3 is 24.8 Å². The Morgan fingerprint density at radius 2 is 1.84 bits per heavy atom. The molecule has 2 aromatic rings. The van der Waals surface area contributed by atoms with Gasteiger partial charge in [-0.1, -0.05) is 24.3 Å². The van der Waals surface area contributed by atoms with Crippen molar-refractivity contribution in [3.63, 3.8) is 0 Å². The highest BCUT2D eigenvalue weighted by molar-refractivity contribution is 5.58. The molecule has 6 rings (SSSR count). The Kier molecular flexibility index (Phi) is 4.99. The lowest BCUT2D eigenvalue weighted by Crippen LogP contribution is -2.58. The van der Waals surface area contributed by atoms with Crippen molar-refractivity contribution in [2.24, 2.45) is 0 Å². The van der Waals surface area contributed by atoms with Crippen LogP contribution in [0.1, 0.15) is 36.0 Å². The Labute approximate surface area is 190 Å². The standard InChI is InChI=1S/C25H34N6O/c1-29(2)19-16-31(17-19)24-27-22(30-14-12-26-13-15-30)20-9-11-25(32-23(20)28-24)10-5-7-18-6-3-4-8-21(18)25/h3-4,6,8,19,26H,5,7,9-17H2,1-2H3. The molecule has 1 aromatic carbocycles. The summed E-state index contributed by atoms with van der Waals surface area (Å²) < 4.78 is 6.92. The first kappa shape index (κ1) is 20.2. The summed E-state index contributed by atoms with van der Waals surface area (Å²) in [6, 6.07) is 9.42. The van der Waals surface area contributed by atoms with Crippen LogP contribution in [0.15, 0.2) is 24.3 Å². The number of likely N-dealkylation sites (N-methyl/N-ethyl adjacent to an activating group) is 1. The average molecular weight is 435 g/mol. The third-order valence-electron chi connectivity index (χ3n) is 7.83. The number of rotatable bonds is 3. The predicted molar refractivity (Wildman–Crippen MR) is 127 cm³/mol. The Balaban J connectivity index is 1.38. The van der Waals surface area contributed by atoms with Gasteiger partial charge in [0.1, 0.15) is 11.4 Å². The van der Waals surface area contributed by atoms with Crippen molar-refractivity contribution >= 4 is 11.8 Å². The molecule has 32 heavy (non-hydrogen) atoms. The first-order chi connectivity index (χ1) is 15.6. The fourth-order valence-electron chi connectivity index (χ4n) is 5.78. The van der Waals surface area contributed by atoms with Gasteiger partial charge in [0.15, 0.2) is 0 Å². The van der Waals surface area contributed by atoms with Crippen molar-refractivity contribution in [3.8, 4) is 5.88 Å². The summed E-state index contributed by atoms with van der Waals surface area (Å²) in [4.78, 5) is 17.2. The highest BCUT2D eigenvalue weighted by atomic mass is 16.5. The van der Waals surface area contributed by atoms with Crippen molar-refractivity contribution in [2.45, 2.75) is 43.7 Å². The molecule has 1 unspecified atom stereocenters. The summed E-state index contributed by atoms with van der Waals surface area (Å²) in [6.45, 7) is 5.91. The van der Waals surface area contributed by atoms with E-state index in [1.54, 1.807) is 0 Å². The van der Waals surface area contributed by atoms with Gasteiger partial charge in [-0.3, -0.25) is 0 Å². The van der Waals surface area contributed by atoms with Crippen molar-refractivity contribution < 1.29 is 4.74 Å². The molecule has 4 aliphatic rings. The Morgan fingerprint density at radius 3 is 2.66 bits per heavy atom. The van der Waals surface area contributed by atoms with Crippen LogP contribution in [0.3, 0.4) is 0 Å². The third kappa shape index (κ3) is 3.33. The zero-order valence-corrected chi connectivity index (χ0v) is 19.3. The number of ether oxygens (including phenoxy) is 1. The number of aryl methyl sites for hydroxylation is 1. The van der Waals surface area contributed by atoms with Gasteiger partial charge in [-0.25, -0.2) is 0 Å². The number of nitrogens with one attached hydrogen (secondary N) is 1. The molecule has 3 aliphatic heterocycles. The number of fused-ring (bicyclic) bond motifs is 3. The molecule has 0 saturated carbocycles. The normalized spacial score (nSPS) is 25.3. The van der Waals surface area contributed by atoms with Crippen molar-refractivity contribution in [3.05, 3.63) is 41.0 Å². The first-order valence-corrected chi connectivity index (χ1v) is 12.2. The highest BCUT2D eigenvalue weighted by Crippen LogP contribution is 2.48. The highest BCUT2D eigenvalue weighted by Gasteiger charge is 2.44. The van der Waals surface area contributed by atoms with E-state index in [0.717, 1.165) is 82.6 Å². The van der Waals surface area contributed by atoms with Crippen LogP contribution < -0.4 is 19.9 Å². The zero-order valence-electron chi connectivity index (χ0n) is 19.3. The number of hydrogen-bond donors (Lipinski definition) is 1. The molecule has 0 amide bonds. The van der Waals surface area contributed by atoms with Gasteiger partial charge in [0.2, 0.25) is 11.8 Å². The molecular formula is C25H34N6O. The molecule has 0 bridgehead atoms. The topological polar surface area (TPSA) is 56.8 Å². The maximum atomic E-state index is 6.92. The molecule has 1 aliphatic carbocycles. The minimum absolute atomic E-state index is 0.241. The second kappa shape index (κ2) is 7.89. The molecule has 7 heteroatoms.